The molecule has 1 aliphatic rings. The number of furan rings is 1. The fourth-order valence-electron chi connectivity index (χ4n) is 3.88. The van der Waals surface area contributed by atoms with E-state index in [1.165, 1.54) is 0 Å². The van der Waals surface area contributed by atoms with Crippen molar-refractivity contribution in [3.05, 3.63) is 85.2 Å². The van der Waals surface area contributed by atoms with E-state index in [0.717, 1.165) is 27.6 Å². The molecule has 8 heteroatoms. The van der Waals surface area contributed by atoms with Crippen LogP contribution in [0.1, 0.15) is 61.8 Å². The zero-order valence-corrected chi connectivity index (χ0v) is 20.8. The van der Waals surface area contributed by atoms with E-state index in [0.29, 0.717) is 46.2 Å². The Morgan fingerprint density at radius 3 is 2.42 bits per heavy atom. The van der Waals surface area contributed by atoms with Crippen LogP contribution >= 0.6 is 27.5 Å². The molecule has 1 amide bonds. The number of hydrogen-bond acceptors (Lipinski definition) is 5. The van der Waals surface area contributed by atoms with Gasteiger partial charge in [0.1, 0.15) is 11.5 Å². The van der Waals surface area contributed by atoms with Gasteiger partial charge in [0, 0.05) is 32.6 Å². The second-order valence-electron chi connectivity index (χ2n) is 7.97. The van der Waals surface area contributed by atoms with Gasteiger partial charge in [-0.05, 0) is 81.1 Å². The summed E-state index contributed by atoms with van der Waals surface area (Å²) in [5.41, 5.74) is 6.85. The lowest BCUT2D eigenvalue weighted by Crippen LogP contribution is -2.22. The first kappa shape index (κ1) is 23.3. The van der Waals surface area contributed by atoms with Gasteiger partial charge in [-0.2, -0.15) is 5.10 Å². The van der Waals surface area contributed by atoms with Crippen LogP contribution < -0.4 is 10.2 Å². The summed E-state index contributed by atoms with van der Waals surface area (Å²) in [7, 11) is 0. The largest absolute Gasteiger partial charge is 0.453 e. The minimum Gasteiger partial charge on any atom is -0.453 e. The third kappa shape index (κ3) is 4.89. The number of nitrogens with one attached hydrogen (secondary N) is 1. The third-order valence-electron chi connectivity index (χ3n) is 5.53. The smallest absolute Gasteiger partial charge is 0.379 e. The van der Waals surface area contributed by atoms with Crippen molar-refractivity contribution in [3.63, 3.8) is 0 Å². The summed E-state index contributed by atoms with van der Waals surface area (Å²) in [6.07, 6.45) is 2.15. The third-order valence-corrected chi connectivity index (χ3v) is 6.66. The molecule has 6 nitrogen and oxygen atoms in total. The molecule has 2 aromatic carbocycles. The van der Waals surface area contributed by atoms with E-state index < -0.39 is 5.97 Å². The molecule has 0 bridgehead atoms. The lowest BCUT2D eigenvalue weighted by atomic mass is 9.93. The molecule has 0 aliphatic heterocycles. The molecule has 170 valence electrons. The van der Waals surface area contributed by atoms with Gasteiger partial charge in [-0.15, -0.1) is 0 Å². The Kier molecular flexibility index (Phi) is 6.72. The first-order valence-electron chi connectivity index (χ1n) is 10.5. The predicted octanol–water partition coefficient (Wildman–Crippen LogP) is 6.31. The molecule has 1 heterocycles. The maximum absolute atomic E-state index is 12.9. The van der Waals surface area contributed by atoms with Crippen LogP contribution in [0.25, 0.3) is 0 Å². The monoisotopic (exact) mass is 528 g/mol. The number of carbonyl (C=O) groups is 2. The Balaban J connectivity index is 1.57. The van der Waals surface area contributed by atoms with Gasteiger partial charge in [0.15, 0.2) is 0 Å². The lowest BCUT2D eigenvalue weighted by Gasteiger charge is -2.13. The van der Waals surface area contributed by atoms with Crippen molar-refractivity contribution in [3.8, 4) is 5.75 Å². The number of carbonyl (C=O) groups excluding carboxylic acids is 2. The van der Waals surface area contributed by atoms with Gasteiger partial charge in [-0.1, -0.05) is 27.5 Å². The van der Waals surface area contributed by atoms with E-state index in [1.807, 2.05) is 13.8 Å². The Labute approximate surface area is 205 Å². The number of nitrogens with zero attached hydrogens (tertiary/aromatic N) is 1. The number of rotatable bonds is 4. The van der Waals surface area contributed by atoms with Gasteiger partial charge < -0.3 is 9.15 Å². The number of hydrogen-bond donors (Lipinski definition) is 1. The number of fused-ring (bicyclic) bond motifs is 1. The second kappa shape index (κ2) is 9.53. The Hall–Kier alpha value is -2.90. The van der Waals surface area contributed by atoms with Gasteiger partial charge >= 0.3 is 5.97 Å². The molecule has 0 unspecified atom stereocenters. The number of esters is 1. The molecule has 1 aromatic heterocycles. The minimum absolute atomic E-state index is 0.138. The van der Waals surface area contributed by atoms with Crippen molar-refractivity contribution >= 4 is 45.1 Å². The summed E-state index contributed by atoms with van der Waals surface area (Å²) >= 11 is 9.56. The maximum atomic E-state index is 12.9. The van der Waals surface area contributed by atoms with Crippen LogP contribution in [-0.2, 0) is 6.42 Å². The zero-order chi connectivity index (χ0) is 23.7. The van der Waals surface area contributed by atoms with Crippen molar-refractivity contribution in [1.82, 2.24) is 5.43 Å². The lowest BCUT2D eigenvalue weighted by molar-refractivity contribution is 0.0698. The number of amides is 1. The second-order valence-corrected chi connectivity index (χ2v) is 9.27. The van der Waals surface area contributed by atoms with Crippen molar-refractivity contribution in [2.24, 2.45) is 5.10 Å². The molecule has 0 saturated heterocycles. The molecule has 0 fully saturated rings. The quantitative estimate of drug-likeness (QED) is 0.244. The first-order valence-corrected chi connectivity index (χ1v) is 11.7. The highest BCUT2D eigenvalue weighted by Gasteiger charge is 2.29. The molecular weight excluding hydrogens is 508 g/mol. The highest BCUT2D eigenvalue weighted by Crippen LogP contribution is 2.31. The maximum Gasteiger partial charge on any atom is 0.379 e. The van der Waals surface area contributed by atoms with Crippen molar-refractivity contribution in [2.45, 2.75) is 40.0 Å². The zero-order valence-electron chi connectivity index (χ0n) is 18.4. The summed E-state index contributed by atoms with van der Waals surface area (Å²) in [5.74, 6) is 0.325. The number of ether oxygens (including phenoxy) is 1. The molecule has 0 spiro atoms. The average molecular weight is 530 g/mol. The standard InChI is InChI=1S/C25H22BrClN2O4/c1-13-11-18(12-14(2)22(13)27)32-25(31)23-15(3)21-19(5-4-6-20(21)33-23)28-29-24(30)16-7-9-17(26)10-8-16/h7-12H,4-6H2,1-3H3,(H,29,30)/b28-19+. The van der Waals surface area contributed by atoms with Crippen molar-refractivity contribution in [2.75, 3.05) is 0 Å². The SMILES string of the molecule is Cc1cc(OC(=O)c2oc3c(c2C)/C(=N/NC(=O)c2ccc(Br)cc2)CCC3)cc(C)c1Cl. The summed E-state index contributed by atoms with van der Waals surface area (Å²) in [6, 6.07) is 10.4. The summed E-state index contributed by atoms with van der Waals surface area (Å²) in [4.78, 5) is 25.3. The number of hydrazone groups is 1. The fraction of sp³-hybridized carbons (Fsp3) is 0.240. The van der Waals surface area contributed by atoms with Crippen LogP contribution in [0.4, 0.5) is 0 Å². The number of aryl methyl sites for hydroxylation is 3. The van der Waals surface area contributed by atoms with Gasteiger partial charge in [-0.3, -0.25) is 4.79 Å². The highest BCUT2D eigenvalue weighted by atomic mass is 79.9. The van der Waals surface area contributed by atoms with Crippen molar-refractivity contribution in [1.29, 1.82) is 0 Å². The van der Waals surface area contributed by atoms with Crippen LogP contribution in [0, 0.1) is 20.8 Å². The van der Waals surface area contributed by atoms with Gasteiger partial charge in [0.2, 0.25) is 5.76 Å². The highest BCUT2D eigenvalue weighted by molar-refractivity contribution is 9.10. The van der Waals surface area contributed by atoms with Gasteiger partial charge in [0.25, 0.3) is 5.91 Å². The molecule has 1 aliphatic carbocycles. The molecule has 0 saturated carbocycles. The van der Waals surface area contributed by atoms with Crippen LogP contribution in [-0.4, -0.2) is 17.6 Å². The van der Waals surface area contributed by atoms with Gasteiger partial charge in [0.05, 0.1) is 5.71 Å². The van der Waals surface area contributed by atoms with E-state index in [9.17, 15) is 9.59 Å². The van der Waals surface area contributed by atoms with Crippen LogP contribution in [0.5, 0.6) is 5.75 Å². The number of halogens is 2. The fourth-order valence-corrected chi connectivity index (χ4v) is 4.25. The average Bonchev–Trinajstić information content (AvgIpc) is 3.13. The normalized spacial score (nSPS) is 14.2. The summed E-state index contributed by atoms with van der Waals surface area (Å²) in [5, 5.41) is 5.00. The molecule has 0 atom stereocenters. The van der Waals surface area contributed by atoms with E-state index in [2.05, 4.69) is 26.5 Å². The first-order chi connectivity index (χ1) is 15.7. The summed E-state index contributed by atoms with van der Waals surface area (Å²) < 4.78 is 12.4. The Morgan fingerprint density at radius 1 is 1.09 bits per heavy atom. The van der Waals surface area contributed by atoms with Crippen molar-refractivity contribution < 1.29 is 18.7 Å². The molecule has 3 aromatic rings. The van der Waals surface area contributed by atoms with Crippen LogP contribution in [0.2, 0.25) is 5.02 Å². The minimum atomic E-state index is -0.582. The van der Waals surface area contributed by atoms with Crippen LogP contribution in [0.3, 0.4) is 0 Å². The molecule has 1 N–H and O–H groups in total. The predicted molar refractivity (Wildman–Crippen MR) is 130 cm³/mol. The molecule has 0 radical (unpaired) electrons. The molecule has 4 rings (SSSR count). The van der Waals surface area contributed by atoms with E-state index in [4.69, 9.17) is 20.8 Å². The van der Waals surface area contributed by atoms with Crippen LogP contribution in [0.15, 0.2) is 50.4 Å². The molecular formula is C25H22BrClN2O4. The van der Waals surface area contributed by atoms with E-state index in [1.54, 1.807) is 43.3 Å². The Morgan fingerprint density at radius 2 is 1.76 bits per heavy atom. The van der Waals surface area contributed by atoms with E-state index in [-0.39, 0.29) is 11.7 Å². The molecule has 33 heavy (non-hydrogen) atoms. The summed E-state index contributed by atoms with van der Waals surface area (Å²) in [6.45, 7) is 5.51. The number of benzene rings is 2. The van der Waals surface area contributed by atoms with Gasteiger partial charge in [-0.25, -0.2) is 10.2 Å². The van der Waals surface area contributed by atoms with E-state index >= 15 is 0 Å². The topological polar surface area (TPSA) is 80.9 Å². The Bertz CT molecular complexity index is 1260.